The maximum absolute atomic E-state index is 12.1. The van der Waals surface area contributed by atoms with Crippen molar-refractivity contribution >= 4 is 5.91 Å². The third-order valence-electron chi connectivity index (χ3n) is 5.46. The Morgan fingerprint density at radius 1 is 1.05 bits per heavy atom. The highest BCUT2D eigenvalue weighted by molar-refractivity contribution is 5.76. The van der Waals surface area contributed by atoms with Crippen molar-refractivity contribution in [2.24, 2.45) is 23.7 Å². The smallest absolute Gasteiger partial charge is 0.221 e. The molecule has 0 aromatic rings. The molecule has 0 heterocycles. The molecule has 4 bridgehead atoms. The Morgan fingerprint density at radius 2 is 1.63 bits per heavy atom. The first-order valence-electron chi connectivity index (χ1n) is 8.14. The Morgan fingerprint density at radius 3 is 2.16 bits per heavy atom. The number of hydrogen-bond donors (Lipinski definition) is 2. The van der Waals surface area contributed by atoms with Gasteiger partial charge in [-0.3, -0.25) is 4.79 Å². The van der Waals surface area contributed by atoms with E-state index in [0.717, 1.165) is 30.2 Å². The molecular weight excluding hydrogens is 236 g/mol. The Kier molecular flexibility index (Phi) is 3.84. The van der Waals surface area contributed by atoms with E-state index in [1.807, 2.05) is 0 Å². The van der Waals surface area contributed by atoms with Gasteiger partial charge in [-0.15, -0.1) is 0 Å². The molecule has 4 saturated carbocycles. The van der Waals surface area contributed by atoms with E-state index in [2.05, 4.69) is 24.5 Å². The van der Waals surface area contributed by atoms with Gasteiger partial charge in [0.25, 0.3) is 0 Å². The summed E-state index contributed by atoms with van der Waals surface area (Å²) in [5, 5.41) is 6.67. The number of carbonyl (C=O) groups excluding carboxylic acids is 1. The van der Waals surface area contributed by atoms with Gasteiger partial charge in [0.1, 0.15) is 0 Å². The van der Waals surface area contributed by atoms with E-state index < -0.39 is 0 Å². The molecule has 108 valence electrons. The van der Waals surface area contributed by atoms with E-state index in [1.165, 1.54) is 32.1 Å². The summed E-state index contributed by atoms with van der Waals surface area (Å²) in [5.41, 5.74) is 0. The van der Waals surface area contributed by atoms with Crippen LogP contribution in [0, 0.1) is 23.7 Å². The topological polar surface area (TPSA) is 41.1 Å². The second-order valence-corrected chi connectivity index (χ2v) is 7.38. The van der Waals surface area contributed by atoms with Crippen LogP contribution in [0.25, 0.3) is 0 Å². The molecule has 0 aliphatic heterocycles. The molecule has 4 aliphatic rings. The highest BCUT2D eigenvalue weighted by Crippen LogP contribution is 2.53. The van der Waals surface area contributed by atoms with Gasteiger partial charge in [0, 0.05) is 25.0 Å². The SMILES string of the molecule is CC(C)NCCC(=O)NC1C2CC3CC(C2)CC1C3. The van der Waals surface area contributed by atoms with Crippen LogP contribution in [-0.2, 0) is 4.79 Å². The number of carbonyl (C=O) groups is 1. The van der Waals surface area contributed by atoms with Crippen LogP contribution in [0.15, 0.2) is 0 Å². The molecule has 4 rings (SSSR count). The molecule has 4 fully saturated rings. The fraction of sp³-hybridized carbons (Fsp3) is 0.938. The van der Waals surface area contributed by atoms with Gasteiger partial charge in [-0.05, 0) is 55.8 Å². The van der Waals surface area contributed by atoms with Gasteiger partial charge in [0.15, 0.2) is 0 Å². The fourth-order valence-corrected chi connectivity index (χ4v) is 4.89. The molecule has 19 heavy (non-hydrogen) atoms. The zero-order chi connectivity index (χ0) is 13.4. The van der Waals surface area contributed by atoms with E-state index >= 15 is 0 Å². The number of nitrogens with one attached hydrogen (secondary N) is 2. The lowest BCUT2D eigenvalue weighted by atomic mass is 9.54. The lowest BCUT2D eigenvalue weighted by Gasteiger charge is -2.54. The first-order chi connectivity index (χ1) is 9.11. The lowest BCUT2D eigenvalue weighted by Crippen LogP contribution is -2.56. The maximum atomic E-state index is 12.1. The van der Waals surface area contributed by atoms with Gasteiger partial charge in [0.2, 0.25) is 5.91 Å². The molecule has 0 aromatic heterocycles. The Labute approximate surface area is 116 Å². The van der Waals surface area contributed by atoms with Crippen LogP contribution in [-0.4, -0.2) is 24.5 Å². The summed E-state index contributed by atoms with van der Waals surface area (Å²) >= 11 is 0. The first-order valence-corrected chi connectivity index (χ1v) is 8.14. The third-order valence-corrected chi connectivity index (χ3v) is 5.46. The lowest BCUT2D eigenvalue weighted by molar-refractivity contribution is -0.125. The van der Waals surface area contributed by atoms with Crippen LogP contribution in [0.5, 0.6) is 0 Å². The molecule has 2 N–H and O–H groups in total. The van der Waals surface area contributed by atoms with Crippen LogP contribution < -0.4 is 10.6 Å². The van der Waals surface area contributed by atoms with Gasteiger partial charge < -0.3 is 10.6 Å². The van der Waals surface area contributed by atoms with E-state index in [-0.39, 0.29) is 5.91 Å². The molecule has 0 aromatic carbocycles. The summed E-state index contributed by atoms with van der Waals surface area (Å²) in [6.07, 6.45) is 7.61. The van der Waals surface area contributed by atoms with Crippen LogP contribution >= 0.6 is 0 Å². The highest BCUT2D eigenvalue weighted by atomic mass is 16.1. The zero-order valence-electron chi connectivity index (χ0n) is 12.3. The van der Waals surface area contributed by atoms with Crippen molar-refractivity contribution in [3.63, 3.8) is 0 Å². The van der Waals surface area contributed by atoms with E-state index in [0.29, 0.717) is 18.5 Å². The maximum Gasteiger partial charge on any atom is 0.221 e. The largest absolute Gasteiger partial charge is 0.353 e. The molecular formula is C16H28N2O. The van der Waals surface area contributed by atoms with E-state index in [4.69, 9.17) is 0 Å². The molecule has 1 amide bonds. The third kappa shape index (κ3) is 2.96. The van der Waals surface area contributed by atoms with Crippen molar-refractivity contribution in [3.8, 4) is 0 Å². The summed E-state index contributed by atoms with van der Waals surface area (Å²) in [6.45, 7) is 5.04. The molecule has 0 saturated heterocycles. The molecule has 0 spiro atoms. The first kappa shape index (κ1) is 13.4. The van der Waals surface area contributed by atoms with E-state index in [9.17, 15) is 4.79 Å². The van der Waals surface area contributed by atoms with Crippen molar-refractivity contribution in [3.05, 3.63) is 0 Å². The minimum absolute atomic E-state index is 0.255. The molecule has 3 heteroatoms. The van der Waals surface area contributed by atoms with Crippen molar-refractivity contribution in [2.75, 3.05) is 6.54 Å². The summed E-state index contributed by atoms with van der Waals surface area (Å²) < 4.78 is 0. The Balaban J connectivity index is 1.48. The van der Waals surface area contributed by atoms with Crippen LogP contribution in [0.1, 0.15) is 52.4 Å². The van der Waals surface area contributed by atoms with Crippen LogP contribution in [0.2, 0.25) is 0 Å². The number of rotatable bonds is 5. The normalized spacial score (nSPS) is 39.8. The van der Waals surface area contributed by atoms with E-state index in [1.54, 1.807) is 0 Å². The minimum Gasteiger partial charge on any atom is -0.353 e. The predicted octanol–water partition coefficient (Wildman–Crippen LogP) is 2.32. The number of amides is 1. The summed E-state index contributed by atoms with van der Waals surface area (Å²) in [6, 6.07) is 0.966. The molecule has 0 unspecified atom stereocenters. The van der Waals surface area contributed by atoms with Gasteiger partial charge in [0.05, 0.1) is 0 Å². The van der Waals surface area contributed by atoms with Gasteiger partial charge in [-0.25, -0.2) is 0 Å². The Bertz CT molecular complexity index is 312. The second-order valence-electron chi connectivity index (χ2n) is 7.38. The average molecular weight is 264 g/mol. The van der Waals surface area contributed by atoms with Crippen LogP contribution in [0.3, 0.4) is 0 Å². The standard InChI is InChI=1S/C16H28N2O/c1-10(2)17-4-3-15(19)18-16-13-6-11-5-12(8-13)9-14(16)7-11/h10-14,16-17H,3-9H2,1-2H3,(H,18,19). The predicted molar refractivity (Wildman–Crippen MR) is 76.7 cm³/mol. The van der Waals surface area contributed by atoms with Crippen molar-refractivity contribution in [1.29, 1.82) is 0 Å². The molecule has 0 atom stereocenters. The van der Waals surface area contributed by atoms with Crippen molar-refractivity contribution in [2.45, 2.75) is 64.5 Å². The van der Waals surface area contributed by atoms with Gasteiger partial charge in [-0.2, -0.15) is 0 Å². The molecule has 0 radical (unpaired) electrons. The van der Waals surface area contributed by atoms with Crippen molar-refractivity contribution in [1.82, 2.24) is 10.6 Å². The average Bonchev–Trinajstić information content (AvgIpc) is 2.32. The second kappa shape index (κ2) is 5.43. The monoisotopic (exact) mass is 264 g/mol. The molecule has 4 aliphatic carbocycles. The van der Waals surface area contributed by atoms with Crippen molar-refractivity contribution < 1.29 is 4.79 Å². The summed E-state index contributed by atoms with van der Waals surface area (Å²) in [7, 11) is 0. The Hall–Kier alpha value is -0.570. The van der Waals surface area contributed by atoms with Gasteiger partial charge in [-0.1, -0.05) is 13.8 Å². The highest BCUT2D eigenvalue weighted by Gasteiger charge is 2.48. The number of hydrogen-bond acceptors (Lipinski definition) is 2. The minimum atomic E-state index is 0.255. The fourth-order valence-electron chi connectivity index (χ4n) is 4.89. The quantitative estimate of drug-likeness (QED) is 0.800. The van der Waals surface area contributed by atoms with Gasteiger partial charge >= 0.3 is 0 Å². The summed E-state index contributed by atoms with van der Waals surface area (Å²) in [4.78, 5) is 12.1. The van der Waals surface area contributed by atoms with Crippen LogP contribution in [0.4, 0.5) is 0 Å². The zero-order valence-corrected chi connectivity index (χ0v) is 12.3. The summed E-state index contributed by atoms with van der Waals surface area (Å²) in [5.74, 6) is 3.80. The molecule has 3 nitrogen and oxygen atoms in total.